The second-order valence-corrected chi connectivity index (χ2v) is 6.42. The zero-order valence-corrected chi connectivity index (χ0v) is 15.2. The number of hydrogen-bond donors (Lipinski definition) is 2. The van der Waals surface area contributed by atoms with Crippen molar-refractivity contribution in [3.8, 4) is 0 Å². The van der Waals surface area contributed by atoms with Gasteiger partial charge in [0.2, 0.25) is 0 Å². The van der Waals surface area contributed by atoms with E-state index in [1.807, 2.05) is 36.4 Å². The van der Waals surface area contributed by atoms with Gasteiger partial charge in [-0.3, -0.25) is 4.79 Å². The van der Waals surface area contributed by atoms with Gasteiger partial charge in [-0.25, -0.2) is 4.79 Å². The predicted molar refractivity (Wildman–Crippen MR) is 98.0 cm³/mol. The van der Waals surface area contributed by atoms with Gasteiger partial charge in [-0.1, -0.05) is 40.2 Å². The van der Waals surface area contributed by atoms with Crippen molar-refractivity contribution in [2.24, 2.45) is 0 Å². The van der Waals surface area contributed by atoms with Crippen molar-refractivity contribution >= 4 is 44.3 Å². The normalized spacial score (nSPS) is 14.4. The summed E-state index contributed by atoms with van der Waals surface area (Å²) in [5.74, 6) is -0.890. The van der Waals surface area contributed by atoms with Gasteiger partial charge in [0.05, 0.1) is 25.8 Å². The molecule has 2 aromatic carbocycles. The van der Waals surface area contributed by atoms with E-state index in [0.29, 0.717) is 0 Å². The molecule has 7 heteroatoms. The molecule has 2 aromatic rings. The Morgan fingerprint density at radius 3 is 2.68 bits per heavy atom. The summed E-state index contributed by atoms with van der Waals surface area (Å²) in [7, 11) is 1.28. The van der Waals surface area contributed by atoms with Crippen LogP contribution in [0.15, 0.2) is 52.1 Å². The number of halogens is 1. The highest BCUT2D eigenvalue weighted by atomic mass is 79.9. The molecule has 25 heavy (non-hydrogen) atoms. The molecule has 0 unspecified atom stereocenters. The van der Waals surface area contributed by atoms with Crippen LogP contribution in [-0.2, 0) is 14.3 Å². The van der Waals surface area contributed by atoms with Crippen molar-refractivity contribution in [3.05, 3.63) is 52.1 Å². The molecule has 0 aromatic heterocycles. The van der Waals surface area contributed by atoms with Crippen molar-refractivity contribution in [2.75, 3.05) is 32.1 Å². The molecule has 0 bridgehead atoms. The summed E-state index contributed by atoms with van der Waals surface area (Å²) >= 11 is 3.52. The number of rotatable bonds is 5. The van der Waals surface area contributed by atoms with Crippen LogP contribution in [0.5, 0.6) is 0 Å². The zero-order valence-electron chi connectivity index (χ0n) is 13.6. The lowest BCUT2D eigenvalue weighted by atomic mass is 10.1. The van der Waals surface area contributed by atoms with Crippen LogP contribution in [0.3, 0.4) is 0 Å². The maximum absolute atomic E-state index is 12.6. The number of carbonyl (C=O) groups is 2. The third-order valence-corrected chi connectivity index (χ3v) is 4.78. The lowest BCUT2D eigenvalue weighted by molar-refractivity contribution is -0.136. The van der Waals surface area contributed by atoms with E-state index >= 15 is 0 Å². The number of amides is 1. The van der Waals surface area contributed by atoms with Crippen molar-refractivity contribution in [3.63, 3.8) is 0 Å². The van der Waals surface area contributed by atoms with Crippen molar-refractivity contribution < 1.29 is 19.4 Å². The molecule has 6 nitrogen and oxygen atoms in total. The van der Waals surface area contributed by atoms with Crippen LogP contribution in [0.25, 0.3) is 10.8 Å². The van der Waals surface area contributed by atoms with Crippen LogP contribution < -0.4 is 5.32 Å². The Hall–Kier alpha value is -2.38. The molecule has 0 aliphatic carbocycles. The minimum Gasteiger partial charge on any atom is -0.466 e. The first kappa shape index (κ1) is 17.4. The molecule has 3 rings (SSSR count). The number of nitrogens with one attached hydrogen (secondary N) is 1. The first-order valence-electron chi connectivity index (χ1n) is 7.72. The number of methoxy groups -OCH3 is 1. The molecule has 0 saturated carbocycles. The van der Waals surface area contributed by atoms with Gasteiger partial charge in [0, 0.05) is 22.1 Å². The van der Waals surface area contributed by atoms with E-state index in [0.717, 1.165) is 20.9 Å². The molecule has 1 amide bonds. The number of β-amino-alcohol motifs (C(OH)–C–C–N with tert-alkyl or cyclic N) is 1. The van der Waals surface area contributed by atoms with E-state index in [1.54, 1.807) is 0 Å². The average molecular weight is 405 g/mol. The Morgan fingerprint density at radius 1 is 1.28 bits per heavy atom. The van der Waals surface area contributed by atoms with E-state index in [4.69, 9.17) is 9.84 Å². The molecule has 0 spiro atoms. The summed E-state index contributed by atoms with van der Waals surface area (Å²) < 4.78 is 5.74. The number of benzene rings is 2. The summed E-state index contributed by atoms with van der Waals surface area (Å²) in [5, 5.41) is 14.1. The van der Waals surface area contributed by atoms with Gasteiger partial charge in [0.1, 0.15) is 5.70 Å². The second kappa shape index (κ2) is 7.25. The molecule has 0 radical (unpaired) electrons. The molecule has 1 heterocycles. The number of aliphatic hydroxyl groups excluding tert-OH is 1. The highest BCUT2D eigenvalue weighted by molar-refractivity contribution is 9.10. The van der Waals surface area contributed by atoms with Gasteiger partial charge < -0.3 is 20.1 Å². The fourth-order valence-electron chi connectivity index (χ4n) is 2.85. The summed E-state index contributed by atoms with van der Waals surface area (Å²) in [5.41, 5.74) is 1.16. The molecule has 0 fully saturated rings. The molecule has 0 atom stereocenters. The van der Waals surface area contributed by atoms with E-state index in [2.05, 4.69) is 21.2 Å². The van der Waals surface area contributed by atoms with Gasteiger partial charge in [0.15, 0.2) is 0 Å². The van der Waals surface area contributed by atoms with Crippen LogP contribution in [0.1, 0.15) is 0 Å². The number of nitrogens with zero attached hydrogens (tertiary/aromatic N) is 1. The lowest BCUT2D eigenvalue weighted by Crippen LogP contribution is -2.31. The summed E-state index contributed by atoms with van der Waals surface area (Å²) in [4.78, 5) is 26.1. The molecule has 0 saturated heterocycles. The SMILES string of the molecule is COC(=O)C1=C(Nc2ccc(Br)c3ccccc23)C(=O)N(CCO)C1. The van der Waals surface area contributed by atoms with E-state index in [-0.39, 0.29) is 36.9 Å². The van der Waals surface area contributed by atoms with Gasteiger partial charge in [-0.05, 0) is 17.5 Å². The van der Waals surface area contributed by atoms with Crippen molar-refractivity contribution in [2.45, 2.75) is 0 Å². The Kier molecular flexibility index (Phi) is 5.06. The van der Waals surface area contributed by atoms with E-state index < -0.39 is 5.97 Å². The maximum Gasteiger partial charge on any atom is 0.337 e. The summed E-state index contributed by atoms with van der Waals surface area (Å²) in [6.07, 6.45) is 0. The van der Waals surface area contributed by atoms with Gasteiger partial charge in [0.25, 0.3) is 5.91 Å². The van der Waals surface area contributed by atoms with Gasteiger partial charge in [-0.15, -0.1) is 0 Å². The number of hydrogen-bond acceptors (Lipinski definition) is 5. The van der Waals surface area contributed by atoms with Crippen LogP contribution in [-0.4, -0.2) is 48.7 Å². The Labute approximate surface area is 153 Å². The highest BCUT2D eigenvalue weighted by Crippen LogP contribution is 2.32. The van der Waals surface area contributed by atoms with Crippen molar-refractivity contribution in [1.29, 1.82) is 0 Å². The minimum absolute atomic E-state index is 0.114. The zero-order chi connectivity index (χ0) is 18.0. The second-order valence-electron chi connectivity index (χ2n) is 5.56. The Balaban J connectivity index is 2.04. The Bertz CT molecular complexity index is 879. The maximum atomic E-state index is 12.6. The molecule has 1 aliphatic heterocycles. The third kappa shape index (κ3) is 3.25. The number of fused-ring (bicyclic) bond motifs is 1. The fourth-order valence-corrected chi connectivity index (χ4v) is 3.33. The number of esters is 1. The van der Waals surface area contributed by atoms with Crippen LogP contribution >= 0.6 is 15.9 Å². The number of aliphatic hydroxyl groups is 1. The standard InChI is InChI=1S/C18H17BrN2O4/c1-25-18(24)13-10-21(8-9-22)17(23)16(13)20-15-7-6-14(19)11-4-2-3-5-12(11)15/h2-7,20,22H,8-10H2,1H3. The Morgan fingerprint density at radius 2 is 2.00 bits per heavy atom. The van der Waals surface area contributed by atoms with E-state index in [9.17, 15) is 9.59 Å². The molecular weight excluding hydrogens is 388 g/mol. The fraction of sp³-hybridized carbons (Fsp3) is 0.222. The first-order chi connectivity index (χ1) is 12.1. The summed E-state index contributed by atoms with van der Waals surface area (Å²) in [6.45, 7) is 0.100. The highest BCUT2D eigenvalue weighted by Gasteiger charge is 2.34. The molecule has 2 N–H and O–H groups in total. The van der Waals surface area contributed by atoms with Crippen LogP contribution in [0.4, 0.5) is 5.69 Å². The predicted octanol–water partition coefficient (Wildman–Crippen LogP) is 2.28. The van der Waals surface area contributed by atoms with Crippen LogP contribution in [0.2, 0.25) is 0 Å². The molecule has 1 aliphatic rings. The number of ether oxygens (including phenoxy) is 1. The molecule has 130 valence electrons. The van der Waals surface area contributed by atoms with E-state index in [1.165, 1.54) is 12.0 Å². The summed E-state index contributed by atoms with van der Waals surface area (Å²) in [6, 6.07) is 11.5. The lowest BCUT2D eigenvalue weighted by Gasteiger charge is -2.15. The van der Waals surface area contributed by atoms with Crippen LogP contribution in [0, 0.1) is 0 Å². The largest absolute Gasteiger partial charge is 0.466 e. The quantitative estimate of drug-likeness (QED) is 0.747. The van der Waals surface area contributed by atoms with Gasteiger partial charge in [-0.2, -0.15) is 0 Å². The topological polar surface area (TPSA) is 78.9 Å². The number of carbonyl (C=O) groups excluding carboxylic acids is 2. The van der Waals surface area contributed by atoms with Crippen molar-refractivity contribution in [1.82, 2.24) is 4.90 Å². The monoisotopic (exact) mass is 404 g/mol. The first-order valence-corrected chi connectivity index (χ1v) is 8.52. The van der Waals surface area contributed by atoms with Gasteiger partial charge >= 0.3 is 5.97 Å². The number of anilines is 1. The smallest absolute Gasteiger partial charge is 0.337 e. The minimum atomic E-state index is -0.558. The average Bonchev–Trinajstić information content (AvgIpc) is 2.93. The third-order valence-electron chi connectivity index (χ3n) is 4.08. The molecular formula is C18H17BrN2O4.